The van der Waals surface area contributed by atoms with Crippen LogP contribution in [0.5, 0.6) is 0 Å². The molecule has 1 fully saturated rings. The summed E-state index contributed by atoms with van der Waals surface area (Å²) in [4.78, 5) is 7.81. The van der Waals surface area contributed by atoms with E-state index in [0.717, 1.165) is 16.8 Å². The molecule has 0 atom stereocenters. The number of nitrogens with zero attached hydrogens (tertiary/aromatic N) is 2. The van der Waals surface area contributed by atoms with Crippen LogP contribution in [-0.4, -0.2) is 26.2 Å². The number of pyridine rings is 1. The van der Waals surface area contributed by atoms with E-state index in [0.29, 0.717) is 6.04 Å². The lowest BCUT2D eigenvalue weighted by molar-refractivity contribution is 0.757. The molecule has 21 heavy (non-hydrogen) atoms. The van der Waals surface area contributed by atoms with Crippen molar-refractivity contribution < 1.29 is 0 Å². The molecule has 3 N–H and O–H groups in total. The van der Waals surface area contributed by atoms with Crippen LogP contribution in [0.4, 0.5) is 5.69 Å². The SMILES string of the molecule is Cc1c[nH]c2ncc(-c3cn[nH]c3)c(NC3CCCC3)c12. The number of nitrogens with one attached hydrogen (secondary N) is 3. The van der Waals surface area contributed by atoms with Gasteiger partial charge in [-0.15, -0.1) is 0 Å². The first kappa shape index (κ1) is 12.4. The van der Waals surface area contributed by atoms with Gasteiger partial charge in [-0.25, -0.2) is 4.98 Å². The second-order valence-corrected chi connectivity index (χ2v) is 5.85. The highest BCUT2D eigenvalue weighted by atomic mass is 15.1. The van der Waals surface area contributed by atoms with E-state index in [2.05, 4.69) is 32.4 Å². The summed E-state index contributed by atoms with van der Waals surface area (Å²) in [7, 11) is 0. The van der Waals surface area contributed by atoms with Gasteiger partial charge in [0.2, 0.25) is 0 Å². The summed E-state index contributed by atoms with van der Waals surface area (Å²) in [5, 5.41) is 11.9. The highest BCUT2D eigenvalue weighted by Crippen LogP contribution is 2.36. The summed E-state index contributed by atoms with van der Waals surface area (Å²) >= 11 is 0. The summed E-state index contributed by atoms with van der Waals surface area (Å²) in [5.74, 6) is 0. The molecule has 1 aliphatic carbocycles. The van der Waals surface area contributed by atoms with E-state index in [1.54, 1.807) is 0 Å². The Bertz CT molecular complexity index is 750. The molecule has 1 aliphatic rings. The zero-order valence-corrected chi connectivity index (χ0v) is 12.1. The standard InChI is InChI=1S/C16H19N5/c1-10-6-17-16-14(10)15(21-12-4-2-3-5-12)13(9-18-16)11-7-19-20-8-11/h6-9,12H,2-5H2,1H3,(H,19,20)(H2,17,18,21). The normalized spacial score (nSPS) is 15.9. The molecule has 3 aromatic heterocycles. The molecule has 3 aromatic rings. The smallest absolute Gasteiger partial charge is 0.139 e. The van der Waals surface area contributed by atoms with E-state index in [9.17, 15) is 0 Å². The van der Waals surface area contributed by atoms with Crippen LogP contribution in [0.1, 0.15) is 31.2 Å². The van der Waals surface area contributed by atoms with Crippen molar-refractivity contribution in [2.45, 2.75) is 38.6 Å². The molecule has 0 radical (unpaired) electrons. The average Bonchev–Trinajstić information content (AvgIpc) is 3.21. The maximum Gasteiger partial charge on any atom is 0.139 e. The van der Waals surface area contributed by atoms with Gasteiger partial charge < -0.3 is 10.3 Å². The molecular formula is C16H19N5. The van der Waals surface area contributed by atoms with Gasteiger partial charge in [-0.2, -0.15) is 5.10 Å². The topological polar surface area (TPSA) is 69.4 Å². The fraction of sp³-hybridized carbons (Fsp3) is 0.375. The number of fused-ring (bicyclic) bond motifs is 1. The monoisotopic (exact) mass is 281 g/mol. The van der Waals surface area contributed by atoms with E-state index in [-0.39, 0.29) is 0 Å². The van der Waals surface area contributed by atoms with E-state index in [4.69, 9.17) is 0 Å². The van der Waals surface area contributed by atoms with Crippen molar-refractivity contribution >= 4 is 16.7 Å². The zero-order valence-electron chi connectivity index (χ0n) is 12.1. The molecule has 0 amide bonds. The van der Waals surface area contributed by atoms with Crippen LogP contribution in [0.15, 0.2) is 24.8 Å². The maximum absolute atomic E-state index is 4.56. The molecule has 108 valence electrons. The van der Waals surface area contributed by atoms with Crippen molar-refractivity contribution in [2.24, 2.45) is 0 Å². The Balaban J connectivity index is 1.89. The van der Waals surface area contributed by atoms with E-state index >= 15 is 0 Å². The second-order valence-electron chi connectivity index (χ2n) is 5.85. The van der Waals surface area contributed by atoms with Crippen LogP contribution in [0.25, 0.3) is 22.2 Å². The number of hydrogen-bond donors (Lipinski definition) is 3. The van der Waals surface area contributed by atoms with Gasteiger partial charge in [0.25, 0.3) is 0 Å². The number of anilines is 1. The largest absolute Gasteiger partial charge is 0.381 e. The van der Waals surface area contributed by atoms with Gasteiger partial charge in [-0.3, -0.25) is 5.10 Å². The number of aromatic nitrogens is 4. The molecule has 0 unspecified atom stereocenters. The van der Waals surface area contributed by atoms with Crippen LogP contribution in [0, 0.1) is 6.92 Å². The Hall–Kier alpha value is -2.30. The molecule has 1 saturated carbocycles. The lowest BCUT2D eigenvalue weighted by Crippen LogP contribution is -2.15. The highest BCUT2D eigenvalue weighted by Gasteiger charge is 2.20. The van der Waals surface area contributed by atoms with Crippen molar-refractivity contribution in [2.75, 3.05) is 5.32 Å². The Kier molecular flexibility index (Phi) is 2.91. The molecule has 4 rings (SSSR count). The minimum atomic E-state index is 0.565. The molecular weight excluding hydrogens is 262 g/mol. The van der Waals surface area contributed by atoms with Crippen molar-refractivity contribution in [3.63, 3.8) is 0 Å². The molecule has 0 saturated heterocycles. The predicted octanol–water partition coefficient (Wildman–Crippen LogP) is 3.62. The Morgan fingerprint density at radius 1 is 1.19 bits per heavy atom. The van der Waals surface area contributed by atoms with Gasteiger partial charge >= 0.3 is 0 Å². The summed E-state index contributed by atoms with van der Waals surface area (Å²) < 4.78 is 0. The third-order valence-corrected chi connectivity index (χ3v) is 4.41. The van der Waals surface area contributed by atoms with Gasteiger partial charge in [-0.05, 0) is 25.3 Å². The molecule has 3 heterocycles. The quantitative estimate of drug-likeness (QED) is 0.687. The highest BCUT2D eigenvalue weighted by molar-refractivity contribution is 6.00. The third-order valence-electron chi connectivity index (χ3n) is 4.41. The van der Waals surface area contributed by atoms with Crippen LogP contribution in [-0.2, 0) is 0 Å². The number of hydrogen-bond acceptors (Lipinski definition) is 3. The molecule has 0 spiro atoms. The van der Waals surface area contributed by atoms with Crippen molar-refractivity contribution in [1.82, 2.24) is 20.2 Å². The Morgan fingerprint density at radius 2 is 2.05 bits per heavy atom. The minimum absolute atomic E-state index is 0.565. The predicted molar refractivity (Wildman–Crippen MR) is 84.3 cm³/mol. The second kappa shape index (κ2) is 4.91. The van der Waals surface area contributed by atoms with Crippen molar-refractivity contribution in [1.29, 1.82) is 0 Å². The minimum Gasteiger partial charge on any atom is -0.381 e. The first-order valence-corrected chi connectivity index (χ1v) is 7.55. The van der Waals surface area contributed by atoms with Crippen LogP contribution < -0.4 is 5.32 Å². The number of aromatic amines is 2. The number of rotatable bonds is 3. The Labute approximate surface area is 123 Å². The van der Waals surface area contributed by atoms with Crippen LogP contribution in [0.2, 0.25) is 0 Å². The lowest BCUT2D eigenvalue weighted by atomic mass is 10.0. The fourth-order valence-corrected chi connectivity index (χ4v) is 3.29. The zero-order chi connectivity index (χ0) is 14.2. The van der Waals surface area contributed by atoms with E-state index < -0.39 is 0 Å². The van der Waals surface area contributed by atoms with Crippen LogP contribution in [0.3, 0.4) is 0 Å². The van der Waals surface area contributed by atoms with Crippen molar-refractivity contribution in [3.05, 3.63) is 30.4 Å². The molecule has 0 aliphatic heterocycles. The van der Waals surface area contributed by atoms with Gasteiger partial charge in [0, 0.05) is 41.1 Å². The van der Waals surface area contributed by atoms with Gasteiger partial charge in [-0.1, -0.05) is 12.8 Å². The molecule has 0 bridgehead atoms. The lowest BCUT2D eigenvalue weighted by Gasteiger charge is -2.18. The summed E-state index contributed by atoms with van der Waals surface area (Å²) in [6.45, 7) is 2.12. The first-order chi connectivity index (χ1) is 10.3. The van der Waals surface area contributed by atoms with Gasteiger partial charge in [0.15, 0.2) is 0 Å². The average molecular weight is 281 g/mol. The summed E-state index contributed by atoms with van der Waals surface area (Å²) in [6.07, 6.45) is 12.9. The molecule has 5 nitrogen and oxygen atoms in total. The number of aryl methyl sites for hydroxylation is 1. The number of H-pyrrole nitrogens is 2. The van der Waals surface area contributed by atoms with Crippen molar-refractivity contribution in [3.8, 4) is 11.1 Å². The van der Waals surface area contributed by atoms with Crippen LogP contribution >= 0.6 is 0 Å². The molecule has 0 aromatic carbocycles. The fourth-order valence-electron chi connectivity index (χ4n) is 3.29. The van der Waals surface area contributed by atoms with E-state index in [1.807, 2.05) is 24.8 Å². The first-order valence-electron chi connectivity index (χ1n) is 7.55. The third kappa shape index (κ3) is 2.09. The Morgan fingerprint density at radius 3 is 2.81 bits per heavy atom. The maximum atomic E-state index is 4.56. The van der Waals surface area contributed by atoms with Gasteiger partial charge in [0.1, 0.15) is 5.65 Å². The van der Waals surface area contributed by atoms with Gasteiger partial charge in [0.05, 0.1) is 11.9 Å². The molecule has 5 heteroatoms. The summed E-state index contributed by atoms with van der Waals surface area (Å²) in [6, 6.07) is 0.565. The summed E-state index contributed by atoms with van der Waals surface area (Å²) in [5.41, 5.74) is 5.55. The van der Waals surface area contributed by atoms with E-state index in [1.165, 1.54) is 42.3 Å².